The molecule has 3 rings (SSSR count). The molecule has 1 aromatic heterocycles. The van der Waals surface area contributed by atoms with Crippen LogP contribution < -0.4 is 10.6 Å². The second-order valence-corrected chi connectivity index (χ2v) is 6.43. The van der Waals surface area contributed by atoms with E-state index in [2.05, 4.69) is 10.6 Å². The Bertz CT molecular complexity index is 487. The van der Waals surface area contributed by atoms with Crippen LogP contribution in [0.4, 0.5) is 0 Å². The standard InChI is InChI=1S/C15H22ClN3O/c1-17-11-2-4-12(5-3-11)18-15(20)14-8-10(16)9-19(14)13-6-7-13/h8-9,11-13,17H,2-7H2,1H3,(H,18,20). The van der Waals surface area contributed by atoms with Gasteiger partial charge in [0, 0.05) is 24.3 Å². The van der Waals surface area contributed by atoms with Gasteiger partial charge in [0.25, 0.3) is 5.91 Å². The average molecular weight is 296 g/mol. The van der Waals surface area contributed by atoms with Crippen molar-refractivity contribution >= 4 is 17.5 Å². The Kier molecular flexibility index (Phi) is 4.03. The zero-order valence-electron chi connectivity index (χ0n) is 11.9. The first-order chi connectivity index (χ1) is 9.67. The Balaban J connectivity index is 1.62. The number of halogens is 1. The lowest BCUT2D eigenvalue weighted by Crippen LogP contribution is -2.41. The third kappa shape index (κ3) is 3.01. The number of nitrogens with one attached hydrogen (secondary N) is 2. The van der Waals surface area contributed by atoms with Gasteiger partial charge in [0.1, 0.15) is 5.69 Å². The van der Waals surface area contributed by atoms with E-state index >= 15 is 0 Å². The molecule has 0 unspecified atom stereocenters. The van der Waals surface area contributed by atoms with Crippen LogP contribution in [0.1, 0.15) is 55.1 Å². The molecule has 0 saturated heterocycles. The maximum atomic E-state index is 12.4. The molecular weight excluding hydrogens is 274 g/mol. The van der Waals surface area contributed by atoms with Crippen molar-refractivity contribution in [2.45, 2.75) is 56.7 Å². The molecule has 5 heteroatoms. The van der Waals surface area contributed by atoms with E-state index in [9.17, 15) is 4.79 Å². The highest BCUT2D eigenvalue weighted by atomic mass is 35.5. The highest BCUT2D eigenvalue weighted by Gasteiger charge is 2.29. The van der Waals surface area contributed by atoms with E-state index in [1.165, 1.54) is 0 Å². The summed E-state index contributed by atoms with van der Waals surface area (Å²) in [6.07, 6.45) is 8.55. The molecule has 0 aromatic carbocycles. The summed E-state index contributed by atoms with van der Waals surface area (Å²) in [5.74, 6) is 0.0247. The Morgan fingerprint density at radius 1 is 1.20 bits per heavy atom. The minimum absolute atomic E-state index is 0.0247. The quantitative estimate of drug-likeness (QED) is 0.897. The number of amides is 1. The molecule has 2 aliphatic rings. The molecule has 110 valence electrons. The predicted octanol–water partition coefficient (Wildman–Crippen LogP) is 2.74. The molecule has 2 saturated carbocycles. The van der Waals surface area contributed by atoms with Gasteiger partial charge in [-0.25, -0.2) is 0 Å². The van der Waals surface area contributed by atoms with Gasteiger partial charge in [0.05, 0.1) is 5.02 Å². The van der Waals surface area contributed by atoms with Crippen molar-refractivity contribution in [2.24, 2.45) is 0 Å². The summed E-state index contributed by atoms with van der Waals surface area (Å²) in [5, 5.41) is 7.13. The molecule has 0 aliphatic heterocycles. The predicted molar refractivity (Wildman–Crippen MR) is 80.3 cm³/mol. The van der Waals surface area contributed by atoms with Crippen molar-refractivity contribution in [1.29, 1.82) is 0 Å². The van der Waals surface area contributed by atoms with Crippen LogP contribution in [0.3, 0.4) is 0 Å². The van der Waals surface area contributed by atoms with Crippen LogP contribution in [0, 0.1) is 0 Å². The summed E-state index contributed by atoms with van der Waals surface area (Å²) in [6, 6.07) is 3.17. The summed E-state index contributed by atoms with van der Waals surface area (Å²) < 4.78 is 2.04. The highest BCUT2D eigenvalue weighted by Crippen LogP contribution is 2.37. The minimum atomic E-state index is 0.0247. The van der Waals surface area contributed by atoms with Crippen molar-refractivity contribution < 1.29 is 4.79 Å². The fourth-order valence-corrected chi connectivity index (χ4v) is 3.28. The molecule has 0 atom stereocenters. The van der Waals surface area contributed by atoms with Crippen molar-refractivity contribution in [3.8, 4) is 0 Å². The van der Waals surface area contributed by atoms with E-state index in [1.54, 1.807) is 6.07 Å². The Labute approximate surface area is 124 Å². The first-order valence-electron chi connectivity index (χ1n) is 7.53. The van der Waals surface area contributed by atoms with Crippen molar-refractivity contribution in [2.75, 3.05) is 7.05 Å². The summed E-state index contributed by atoms with van der Waals surface area (Å²) >= 11 is 6.05. The maximum absolute atomic E-state index is 12.4. The number of aromatic nitrogens is 1. The maximum Gasteiger partial charge on any atom is 0.268 e. The van der Waals surface area contributed by atoms with Gasteiger partial charge in [-0.3, -0.25) is 4.79 Å². The number of carbonyl (C=O) groups excluding carboxylic acids is 1. The molecule has 1 heterocycles. The second-order valence-electron chi connectivity index (χ2n) is 5.99. The largest absolute Gasteiger partial charge is 0.348 e. The number of carbonyl (C=O) groups is 1. The molecule has 4 nitrogen and oxygen atoms in total. The minimum Gasteiger partial charge on any atom is -0.348 e. The number of rotatable bonds is 4. The lowest BCUT2D eigenvalue weighted by Gasteiger charge is -2.28. The summed E-state index contributed by atoms with van der Waals surface area (Å²) in [4.78, 5) is 12.4. The first-order valence-corrected chi connectivity index (χ1v) is 7.90. The molecule has 0 radical (unpaired) electrons. The summed E-state index contributed by atoms with van der Waals surface area (Å²) in [6.45, 7) is 0. The van der Waals surface area contributed by atoms with E-state index < -0.39 is 0 Å². The average Bonchev–Trinajstić information content (AvgIpc) is 3.22. The van der Waals surface area contributed by atoms with Crippen molar-refractivity contribution in [1.82, 2.24) is 15.2 Å². The molecular formula is C15H22ClN3O. The second kappa shape index (κ2) is 5.78. The summed E-state index contributed by atoms with van der Waals surface area (Å²) in [5.41, 5.74) is 0.716. The van der Waals surface area contributed by atoms with Crippen molar-refractivity contribution in [3.05, 3.63) is 23.0 Å². The lowest BCUT2D eigenvalue weighted by atomic mass is 9.91. The van der Waals surface area contributed by atoms with Crippen LogP contribution >= 0.6 is 11.6 Å². The van der Waals surface area contributed by atoms with Gasteiger partial charge < -0.3 is 15.2 Å². The zero-order valence-corrected chi connectivity index (χ0v) is 12.6. The number of hydrogen-bond acceptors (Lipinski definition) is 2. The Morgan fingerprint density at radius 2 is 1.85 bits per heavy atom. The molecule has 0 spiro atoms. The van der Waals surface area contributed by atoms with Gasteiger partial charge in [-0.05, 0) is 51.6 Å². The number of nitrogens with zero attached hydrogens (tertiary/aromatic N) is 1. The van der Waals surface area contributed by atoms with E-state index in [1.807, 2.05) is 17.8 Å². The fraction of sp³-hybridized carbons (Fsp3) is 0.667. The third-order valence-corrected chi connectivity index (χ3v) is 4.67. The molecule has 2 aliphatic carbocycles. The van der Waals surface area contributed by atoms with E-state index in [4.69, 9.17) is 11.6 Å². The van der Waals surface area contributed by atoms with Gasteiger partial charge in [-0.1, -0.05) is 11.6 Å². The van der Waals surface area contributed by atoms with Crippen molar-refractivity contribution in [3.63, 3.8) is 0 Å². The fourth-order valence-electron chi connectivity index (χ4n) is 3.07. The highest BCUT2D eigenvalue weighted by molar-refractivity contribution is 6.31. The van der Waals surface area contributed by atoms with Gasteiger partial charge in [-0.15, -0.1) is 0 Å². The van der Waals surface area contributed by atoms with Crippen LogP contribution in [-0.2, 0) is 0 Å². The van der Waals surface area contributed by atoms with E-state index in [-0.39, 0.29) is 5.91 Å². The first kappa shape index (κ1) is 14.0. The van der Waals surface area contributed by atoms with Crippen LogP contribution in [0.2, 0.25) is 5.02 Å². The van der Waals surface area contributed by atoms with E-state index in [0.717, 1.165) is 38.5 Å². The molecule has 20 heavy (non-hydrogen) atoms. The van der Waals surface area contributed by atoms with Gasteiger partial charge in [-0.2, -0.15) is 0 Å². The Morgan fingerprint density at radius 3 is 2.45 bits per heavy atom. The molecule has 1 amide bonds. The van der Waals surface area contributed by atoms with Crippen LogP contribution in [0.25, 0.3) is 0 Å². The monoisotopic (exact) mass is 295 g/mol. The molecule has 2 fully saturated rings. The molecule has 1 aromatic rings. The van der Waals surface area contributed by atoms with Gasteiger partial charge in [0.2, 0.25) is 0 Å². The van der Waals surface area contributed by atoms with Crippen LogP contribution in [0.5, 0.6) is 0 Å². The molecule has 2 N–H and O–H groups in total. The lowest BCUT2D eigenvalue weighted by molar-refractivity contribution is 0.0915. The van der Waals surface area contributed by atoms with Crippen LogP contribution in [0.15, 0.2) is 12.3 Å². The normalized spacial score (nSPS) is 26.5. The van der Waals surface area contributed by atoms with Gasteiger partial charge >= 0.3 is 0 Å². The molecule has 0 bridgehead atoms. The zero-order chi connectivity index (χ0) is 14.1. The smallest absolute Gasteiger partial charge is 0.268 e. The SMILES string of the molecule is CNC1CCC(NC(=O)c2cc(Cl)cn2C2CC2)CC1. The third-order valence-electron chi connectivity index (χ3n) is 4.46. The Hall–Kier alpha value is -1.00. The van der Waals surface area contributed by atoms with Crippen LogP contribution in [-0.4, -0.2) is 29.6 Å². The summed E-state index contributed by atoms with van der Waals surface area (Å²) in [7, 11) is 2.01. The topological polar surface area (TPSA) is 46.1 Å². The van der Waals surface area contributed by atoms with E-state index in [0.29, 0.717) is 28.8 Å². The number of hydrogen-bond donors (Lipinski definition) is 2. The van der Waals surface area contributed by atoms with Gasteiger partial charge in [0.15, 0.2) is 0 Å².